The Labute approximate surface area is 110 Å². The molecule has 4 heteroatoms. The summed E-state index contributed by atoms with van der Waals surface area (Å²) in [5.74, 6) is -2.53. The van der Waals surface area contributed by atoms with Crippen LogP contribution in [0.5, 0.6) is 11.5 Å². The molecule has 0 radical (unpaired) electrons. The number of phenols is 2. The predicted molar refractivity (Wildman–Crippen MR) is 68.3 cm³/mol. The van der Waals surface area contributed by atoms with E-state index in [1.54, 1.807) is 13.8 Å². The molecule has 2 nitrogen and oxygen atoms in total. The molecule has 0 amide bonds. The summed E-state index contributed by atoms with van der Waals surface area (Å²) < 4.78 is 28.0. The first-order valence-electron chi connectivity index (χ1n) is 5.81. The van der Waals surface area contributed by atoms with Gasteiger partial charge in [0.25, 0.3) is 0 Å². The second-order valence-electron chi connectivity index (χ2n) is 4.90. The van der Waals surface area contributed by atoms with Gasteiger partial charge in [-0.25, -0.2) is 8.78 Å². The predicted octanol–water partition coefficient (Wildman–Crippen LogP) is 3.70. The molecule has 0 saturated carbocycles. The molecule has 19 heavy (non-hydrogen) atoms. The quantitative estimate of drug-likeness (QED) is 0.868. The van der Waals surface area contributed by atoms with Crippen LogP contribution in [0, 0.1) is 11.6 Å². The van der Waals surface area contributed by atoms with Gasteiger partial charge >= 0.3 is 0 Å². The molecule has 0 aromatic heterocycles. The number of phenolic OH excluding ortho intramolecular Hbond substituents is 2. The normalized spacial score (nSPS) is 11.6. The second kappa shape index (κ2) is 4.53. The Morgan fingerprint density at radius 1 is 0.789 bits per heavy atom. The molecule has 0 saturated heterocycles. The van der Waals surface area contributed by atoms with Crippen LogP contribution in [0.4, 0.5) is 8.78 Å². The maximum Gasteiger partial charge on any atom is 0.168 e. The molecule has 0 heterocycles. The highest BCUT2D eigenvalue weighted by atomic mass is 19.1. The molecule has 2 N–H and O–H groups in total. The fourth-order valence-corrected chi connectivity index (χ4v) is 2.15. The zero-order valence-electron chi connectivity index (χ0n) is 10.6. The minimum Gasteiger partial charge on any atom is -0.505 e. The minimum absolute atomic E-state index is 0.164. The smallest absolute Gasteiger partial charge is 0.168 e. The van der Waals surface area contributed by atoms with E-state index in [1.165, 1.54) is 36.4 Å². The van der Waals surface area contributed by atoms with Crippen molar-refractivity contribution < 1.29 is 19.0 Å². The van der Waals surface area contributed by atoms with Gasteiger partial charge < -0.3 is 10.2 Å². The number of rotatable bonds is 2. The van der Waals surface area contributed by atoms with Crippen LogP contribution in [0.25, 0.3) is 0 Å². The summed E-state index contributed by atoms with van der Waals surface area (Å²) in [6.07, 6.45) is 0. The average molecular weight is 264 g/mol. The van der Waals surface area contributed by atoms with Crippen molar-refractivity contribution in [3.8, 4) is 11.5 Å². The van der Waals surface area contributed by atoms with E-state index in [4.69, 9.17) is 0 Å². The number of benzene rings is 2. The topological polar surface area (TPSA) is 40.5 Å². The molecule has 2 rings (SSSR count). The maximum atomic E-state index is 14.0. The molecular formula is C15H14F2O2. The van der Waals surface area contributed by atoms with Crippen molar-refractivity contribution in [2.75, 3.05) is 0 Å². The van der Waals surface area contributed by atoms with Crippen molar-refractivity contribution in [3.05, 3.63) is 59.2 Å². The van der Waals surface area contributed by atoms with E-state index in [2.05, 4.69) is 0 Å². The Bertz CT molecular complexity index is 568. The van der Waals surface area contributed by atoms with Crippen molar-refractivity contribution >= 4 is 0 Å². The van der Waals surface area contributed by atoms with E-state index < -0.39 is 28.5 Å². The molecule has 0 aliphatic heterocycles. The van der Waals surface area contributed by atoms with E-state index in [-0.39, 0.29) is 11.1 Å². The van der Waals surface area contributed by atoms with Crippen LogP contribution >= 0.6 is 0 Å². The first kappa shape index (κ1) is 13.3. The van der Waals surface area contributed by atoms with Crippen molar-refractivity contribution in [2.45, 2.75) is 19.3 Å². The Kier molecular flexibility index (Phi) is 3.18. The van der Waals surface area contributed by atoms with Crippen LogP contribution in [0.15, 0.2) is 36.4 Å². The third-order valence-electron chi connectivity index (χ3n) is 3.30. The molecule has 0 aliphatic rings. The van der Waals surface area contributed by atoms with Crippen molar-refractivity contribution in [1.82, 2.24) is 0 Å². The largest absolute Gasteiger partial charge is 0.505 e. The van der Waals surface area contributed by atoms with Gasteiger partial charge in [-0.05, 0) is 12.1 Å². The third-order valence-corrected chi connectivity index (χ3v) is 3.30. The summed E-state index contributed by atoms with van der Waals surface area (Å²) in [5, 5.41) is 18.8. The van der Waals surface area contributed by atoms with Gasteiger partial charge in [-0.15, -0.1) is 0 Å². The van der Waals surface area contributed by atoms with Gasteiger partial charge in [0.15, 0.2) is 23.1 Å². The lowest BCUT2D eigenvalue weighted by atomic mass is 9.77. The lowest BCUT2D eigenvalue weighted by molar-refractivity contribution is 0.408. The first-order chi connectivity index (χ1) is 8.85. The van der Waals surface area contributed by atoms with Gasteiger partial charge in [-0.1, -0.05) is 38.1 Å². The summed E-state index contributed by atoms with van der Waals surface area (Å²) in [6, 6.07) is 8.42. The van der Waals surface area contributed by atoms with E-state index in [0.29, 0.717) is 0 Å². The molecular weight excluding hydrogens is 250 g/mol. The highest BCUT2D eigenvalue weighted by Gasteiger charge is 2.31. The Morgan fingerprint density at radius 2 is 1.16 bits per heavy atom. The molecule has 0 bridgehead atoms. The Morgan fingerprint density at radius 3 is 1.53 bits per heavy atom. The minimum atomic E-state index is -1.02. The number of hydrogen-bond acceptors (Lipinski definition) is 2. The molecule has 0 aliphatic carbocycles. The van der Waals surface area contributed by atoms with Gasteiger partial charge in [0.1, 0.15) is 0 Å². The Hall–Kier alpha value is -2.10. The molecule has 100 valence electrons. The number of aromatic hydroxyl groups is 2. The zero-order chi connectivity index (χ0) is 14.2. The highest BCUT2D eigenvalue weighted by molar-refractivity contribution is 5.44. The SMILES string of the molecule is CC(C)(c1cccc(O)c1F)c1cccc(O)c1F. The number of halogens is 2. The molecule has 0 unspecified atom stereocenters. The highest BCUT2D eigenvalue weighted by Crippen LogP contribution is 2.38. The van der Waals surface area contributed by atoms with E-state index in [9.17, 15) is 19.0 Å². The maximum absolute atomic E-state index is 14.0. The van der Waals surface area contributed by atoms with E-state index in [1.807, 2.05) is 0 Å². The summed E-state index contributed by atoms with van der Waals surface area (Å²) in [5.41, 5.74) is -0.694. The molecule has 2 aromatic rings. The first-order valence-corrected chi connectivity index (χ1v) is 5.81. The van der Waals surface area contributed by atoms with Gasteiger partial charge in [0.2, 0.25) is 0 Å². The van der Waals surface area contributed by atoms with E-state index >= 15 is 0 Å². The van der Waals surface area contributed by atoms with Gasteiger partial charge in [-0.2, -0.15) is 0 Å². The Balaban J connectivity index is 2.65. The monoisotopic (exact) mass is 264 g/mol. The number of hydrogen-bond donors (Lipinski definition) is 2. The van der Waals surface area contributed by atoms with Crippen molar-refractivity contribution in [2.24, 2.45) is 0 Å². The standard InChI is InChI=1S/C15H14F2O2/c1-15(2,9-5-3-7-11(18)13(9)16)10-6-4-8-12(19)14(10)17/h3-8,18-19H,1-2H3. The van der Waals surface area contributed by atoms with Crippen molar-refractivity contribution in [1.29, 1.82) is 0 Å². The summed E-state index contributed by atoms with van der Waals surface area (Å²) in [4.78, 5) is 0. The van der Waals surface area contributed by atoms with Crippen LogP contribution in [0.3, 0.4) is 0 Å². The third kappa shape index (κ3) is 2.14. The zero-order valence-corrected chi connectivity index (χ0v) is 10.6. The van der Waals surface area contributed by atoms with E-state index in [0.717, 1.165) is 0 Å². The van der Waals surface area contributed by atoms with Crippen LogP contribution < -0.4 is 0 Å². The molecule has 0 spiro atoms. The van der Waals surface area contributed by atoms with Gasteiger partial charge in [0.05, 0.1) is 0 Å². The molecule has 2 aromatic carbocycles. The fraction of sp³-hybridized carbons (Fsp3) is 0.200. The second-order valence-corrected chi connectivity index (χ2v) is 4.90. The van der Waals surface area contributed by atoms with Crippen LogP contribution in [0.1, 0.15) is 25.0 Å². The van der Waals surface area contributed by atoms with Crippen molar-refractivity contribution in [3.63, 3.8) is 0 Å². The summed E-state index contributed by atoms with van der Waals surface area (Å²) >= 11 is 0. The van der Waals surface area contributed by atoms with Gasteiger partial charge in [0, 0.05) is 16.5 Å². The average Bonchev–Trinajstić information content (AvgIpc) is 2.35. The van der Waals surface area contributed by atoms with Gasteiger partial charge in [-0.3, -0.25) is 0 Å². The van der Waals surface area contributed by atoms with Crippen LogP contribution in [0.2, 0.25) is 0 Å². The van der Waals surface area contributed by atoms with Crippen LogP contribution in [-0.2, 0) is 5.41 Å². The lowest BCUT2D eigenvalue weighted by Crippen LogP contribution is -2.22. The summed E-state index contributed by atoms with van der Waals surface area (Å²) in [6.45, 7) is 3.26. The molecule has 0 atom stereocenters. The fourth-order valence-electron chi connectivity index (χ4n) is 2.15. The summed E-state index contributed by atoms with van der Waals surface area (Å²) in [7, 11) is 0. The lowest BCUT2D eigenvalue weighted by Gasteiger charge is -2.27. The molecule has 0 fully saturated rings. The van der Waals surface area contributed by atoms with Crippen LogP contribution in [-0.4, -0.2) is 10.2 Å².